The molecule has 2 N–H and O–H groups in total. The molecule has 1 rings (SSSR count). The van der Waals surface area contributed by atoms with Crippen LogP contribution in [0.4, 0.5) is 0 Å². The molecule has 1 amide bonds. The minimum atomic E-state index is -0.269. The molecule has 0 aromatic carbocycles. The summed E-state index contributed by atoms with van der Waals surface area (Å²) >= 11 is 0. The van der Waals surface area contributed by atoms with Crippen molar-refractivity contribution in [3.05, 3.63) is 0 Å². The van der Waals surface area contributed by atoms with Gasteiger partial charge in [-0.05, 0) is 33.6 Å². The molecular formula is C13H26N2O2. The van der Waals surface area contributed by atoms with E-state index in [4.69, 9.17) is 10.5 Å². The summed E-state index contributed by atoms with van der Waals surface area (Å²) in [5.41, 5.74) is 5.64. The molecule has 0 aromatic heterocycles. The zero-order valence-corrected chi connectivity index (χ0v) is 11.5. The van der Waals surface area contributed by atoms with Crippen LogP contribution in [0.3, 0.4) is 0 Å². The van der Waals surface area contributed by atoms with E-state index in [-0.39, 0.29) is 23.6 Å². The maximum absolute atomic E-state index is 12.2. The van der Waals surface area contributed by atoms with Gasteiger partial charge >= 0.3 is 0 Å². The third-order valence-electron chi connectivity index (χ3n) is 3.24. The van der Waals surface area contributed by atoms with Crippen molar-refractivity contribution in [2.75, 3.05) is 13.2 Å². The molecule has 0 spiro atoms. The van der Waals surface area contributed by atoms with E-state index in [1.165, 1.54) is 0 Å². The number of morpholine rings is 1. The molecule has 17 heavy (non-hydrogen) atoms. The Kier molecular flexibility index (Phi) is 4.95. The second-order valence-electron chi connectivity index (χ2n) is 5.74. The second-order valence-corrected chi connectivity index (χ2v) is 5.74. The van der Waals surface area contributed by atoms with Gasteiger partial charge in [0, 0.05) is 18.5 Å². The van der Waals surface area contributed by atoms with Gasteiger partial charge in [0.25, 0.3) is 0 Å². The molecule has 4 heteroatoms. The Morgan fingerprint density at radius 1 is 1.53 bits per heavy atom. The lowest BCUT2D eigenvalue weighted by atomic mass is 9.99. The Balaban J connectivity index is 2.53. The molecule has 1 aliphatic heterocycles. The van der Waals surface area contributed by atoms with Gasteiger partial charge in [-0.1, -0.05) is 6.92 Å². The number of ether oxygens (including phenoxy) is 1. The van der Waals surface area contributed by atoms with Crippen molar-refractivity contribution in [2.24, 2.45) is 5.73 Å². The number of carbonyl (C=O) groups is 1. The van der Waals surface area contributed by atoms with Crippen LogP contribution in [0.25, 0.3) is 0 Å². The fourth-order valence-corrected chi connectivity index (χ4v) is 2.06. The van der Waals surface area contributed by atoms with Gasteiger partial charge in [-0.2, -0.15) is 0 Å². The van der Waals surface area contributed by atoms with Gasteiger partial charge in [-0.3, -0.25) is 4.79 Å². The molecule has 1 heterocycles. The highest BCUT2D eigenvalue weighted by Crippen LogP contribution is 2.17. The molecule has 4 nitrogen and oxygen atoms in total. The molecule has 1 fully saturated rings. The van der Waals surface area contributed by atoms with Crippen LogP contribution in [-0.2, 0) is 9.53 Å². The van der Waals surface area contributed by atoms with Crippen molar-refractivity contribution in [1.29, 1.82) is 0 Å². The summed E-state index contributed by atoms with van der Waals surface area (Å²) in [4.78, 5) is 14.1. The van der Waals surface area contributed by atoms with Gasteiger partial charge in [0.15, 0.2) is 0 Å². The van der Waals surface area contributed by atoms with Crippen LogP contribution in [0.1, 0.15) is 47.0 Å². The SMILES string of the molecule is CCC1COC(C)CN1C(=O)CCC(C)(C)N. The highest BCUT2D eigenvalue weighted by atomic mass is 16.5. The summed E-state index contributed by atoms with van der Waals surface area (Å²) in [6, 6.07) is 0.236. The Labute approximate surface area is 104 Å². The van der Waals surface area contributed by atoms with Gasteiger partial charge < -0.3 is 15.4 Å². The van der Waals surface area contributed by atoms with Crippen LogP contribution in [0, 0.1) is 0 Å². The summed E-state index contributed by atoms with van der Waals surface area (Å²) in [5, 5.41) is 0. The zero-order chi connectivity index (χ0) is 13.1. The largest absolute Gasteiger partial charge is 0.375 e. The van der Waals surface area contributed by atoms with Crippen molar-refractivity contribution in [3.8, 4) is 0 Å². The van der Waals surface area contributed by atoms with Gasteiger partial charge in [-0.25, -0.2) is 0 Å². The van der Waals surface area contributed by atoms with Crippen molar-refractivity contribution >= 4 is 5.91 Å². The molecule has 2 atom stereocenters. The van der Waals surface area contributed by atoms with Crippen LogP contribution in [0.5, 0.6) is 0 Å². The number of nitrogens with zero attached hydrogens (tertiary/aromatic N) is 1. The standard InChI is InChI=1S/C13H26N2O2/c1-5-11-9-17-10(2)8-15(11)12(16)6-7-13(3,4)14/h10-11H,5-9,14H2,1-4H3. The first-order valence-corrected chi connectivity index (χ1v) is 6.53. The Morgan fingerprint density at radius 2 is 2.18 bits per heavy atom. The lowest BCUT2D eigenvalue weighted by molar-refractivity contribution is -0.144. The Bertz CT molecular complexity index is 261. The minimum Gasteiger partial charge on any atom is -0.375 e. The fourth-order valence-electron chi connectivity index (χ4n) is 2.06. The highest BCUT2D eigenvalue weighted by Gasteiger charge is 2.29. The summed E-state index contributed by atoms with van der Waals surface area (Å²) in [6.07, 6.45) is 2.36. The second kappa shape index (κ2) is 5.83. The lowest BCUT2D eigenvalue weighted by Gasteiger charge is -2.38. The maximum Gasteiger partial charge on any atom is 0.223 e. The summed E-state index contributed by atoms with van der Waals surface area (Å²) in [5.74, 6) is 0.213. The van der Waals surface area contributed by atoms with Crippen LogP contribution in [0.15, 0.2) is 0 Å². The van der Waals surface area contributed by atoms with Crippen molar-refractivity contribution in [3.63, 3.8) is 0 Å². The quantitative estimate of drug-likeness (QED) is 0.813. The van der Waals surface area contributed by atoms with Gasteiger partial charge in [0.1, 0.15) is 0 Å². The maximum atomic E-state index is 12.2. The first-order chi connectivity index (χ1) is 7.83. The summed E-state index contributed by atoms with van der Waals surface area (Å²) < 4.78 is 5.59. The van der Waals surface area contributed by atoms with Crippen molar-refractivity contribution in [2.45, 2.75) is 64.6 Å². The molecule has 0 bridgehead atoms. The van der Waals surface area contributed by atoms with Crippen LogP contribution in [-0.4, -0.2) is 41.6 Å². The molecular weight excluding hydrogens is 216 g/mol. The van der Waals surface area contributed by atoms with E-state index in [9.17, 15) is 4.79 Å². The van der Waals surface area contributed by atoms with E-state index < -0.39 is 0 Å². The fraction of sp³-hybridized carbons (Fsp3) is 0.923. The van der Waals surface area contributed by atoms with Crippen molar-refractivity contribution in [1.82, 2.24) is 4.90 Å². The van der Waals surface area contributed by atoms with Crippen molar-refractivity contribution < 1.29 is 9.53 Å². The molecule has 0 saturated carbocycles. The Morgan fingerprint density at radius 3 is 2.71 bits per heavy atom. The summed E-state index contributed by atoms with van der Waals surface area (Å²) in [7, 11) is 0. The molecule has 0 radical (unpaired) electrons. The smallest absolute Gasteiger partial charge is 0.223 e. The lowest BCUT2D eigenvalue weighted by Crippen LogP contribution is -2.51. The van der Waals surface area contributed by atoms with E-state index in [0.29, 0.717) is 19.6 Å². The third kappa shape index (κ3) is 4.64. The van der Waals surface area contributed by atoms with Crippen LogP contribution in [0.2, 0.25) is 0 Å². The number of amides is 1. The zero-order valence-electron chi connectivity index (χ0n) is 11.5. The number of hydrogen-bond donors (Lipinski definition) is 1. The average molecular weight is 242 g/mol. The van der Waals surface area contributed by atoms with E-state index in [1.54, 1.807) is 0 Å². The van der Waals surface area contributed by atoms with E-state index in [1.807, 2.05) is 25.7 Å². The van der Waals surface area contributed by atoms with E-state index in [2.05, 4.69) is 6.92 Å². The molecule has 0 aliphatic carbocycles. The molecule has 1 saturated heterocycles. The van der Waals surface area contributed by atoms with Gasteiger partial charge in [-0.15, -0.1) is 0 Å². The van der Waals surface area contributed by atoms with Gasteiger partial charge in [0.05, 0.1) is 18.8 Å². The first-order valence-electron chi connectivity index (χ1n) is 6.53. The number of nitrogens with two attached hydrogens (primary N) is 1. The normalized spacial score (nSPS) is 26.1. The van der Waals surface area contributed by atoms with E-state index >= 15 is 0 Å². The number of hydrogen-bond acceptors (Lipinski definition) is 3. The number of rotatable bonds is 4. The average Bonchev–Trinajstić information content (AvgIpc) is 2.25. The van der Waals surface area contributed by atoms with Gasteiger partial charge in [0.2, 0.25) is 5.91 Å². The monoisotopic (exact) mass is 242 g/mol. The minimum absolute atomic E-state index is 0.146. The molecule has 2 unspecified atom stereocenters. The van der Waals surface area contributed by atoms with Crippen LogP contribution >= 0.6 is 0 Å². The molecule has 0 aromatic rings. The molecule has 1 aliphatic rings. The highest BCUT2D eigenvalue weighted by molar-refractivity contribution is 5.76. The predicted molar refractivity (Wildman–Crippen MR) is 68.7 cm³/mol. The van der Waals surface area contributed by atoms with E-state index in [0.717, 1.165) is 12.8 Å². The molecule has 100 valence electrons. The van der Waals surface area contributed by atoms with Crippen LogP contribution < -0.4 is 5.73 Å². The number of carbonyl (C=O) groups excluding carboxylic acids is 1. The topological polar surface area (TPSA) is 55.6 Å². The first kappa shape index (κ1) is 14.5. The Hall–Kier alpha value is -0.610. The summed E-state index contributed by atoms with van der Waals surface area (Å²) in [6.45, 7) is 9.40. The third-order valence-corrected chi connectivity index (χ3v) is 3.24. The predicted octanol–water partition coefficient (Wildman–Crippen LogP) is 1.53.